The van der Waals surface area contributed by atoms with Crippen LogP contribution in [0, 0.1) is 0 Å². The molecule has 2 atom stereocenters. The van der Waals surface area contributed by atoms with Crippen LogP contribution >= 0.6 is 0 Å². The van der Waals surface area contributed by atoms with Gasteiger partial charge in [-0.25, -0.2) is 22.0 Å². The van der Waals surface area contributed by atoms with E-state index in [1.807, 2.05) is 23.6 Å². The summed E-state index contributed by atoms with van der Waals surface area (Å²) in [4.78, 5) is 13.0. The molecule has 1 unspecified atom stereocenters. The van der Waals surface area contributed by atoms with Crippen LogP contribution in [0.3, 0.4) is 0 Å². The Morgan fingerprint density at radius 1 is 1.14 bits per heavy atom. The van der Waals surface area contributed by atoms with Crippen molar-refractivity contribution in [3.8, 4) is 5.75 Å². The number of benzene rings is 2. The van der Waals surface area contributed by atoms with Gasteiger partial charge in [-0.05, 0) is 49.9 Å². The summed E-state index contributed by atoms with van der Waals surface area (Å²) >= 11 is 0. The first kappa shape index (κ1) is 31.6. The molecule has 12 nitrogen and oxygen atoms in total. The minimum atomic E-state index is -4.00. The van der Waals surface area contributed by atoms with Crippen LogP contribution in [-0.4, -0.2) is 81.4 Å². The first-order valence-corrected chi connectivity index (χ1v) is 17.3. The van der Waals surface area contributed by atoms with E-state index in [1.54, 1.807) is 18.2 Å². The molecule has 14 heteroatoms. The summed E-state index contributed by atoms with van der Waals surface area (Å²) in [6, 6.07) is 12.8. The minimum Gasteiger partial charge on any atom is -0.491 e. The SMILES string of the molecule is CCCn1cc(S(=O)(=O)N2CCC3(CC2)C[C@@H](NCC(O)COc2cccc(S(N)(=O)=O)c2)CO3)c(=O)c2ccccc21. The van der Waals surface area contributed by atoms with Crippen molar-refractivity contribution >= 4 is 30.9 Å². The summed E-state index contributed by atoms with van der Waals surface area (Å²) in [5.74, 6) is 0.281. The largest absolute Gasteiger partial charge is 0.491 e. The summed E-state index contributed by atoms with van der Waals surface area (Å²) in [5.41, 5.74) is -0.244. The van der Waals surface area contributed by atoms with Crippen molar-refractivity contribution in [3.05, 3.63) is 65.0 Å². The highest BCUT2D eigenvalue weighted by molar-refractivity contribution is 7.89. The van der Waals surface area contributed by atoms with Crippen molar-refractivity contribution < 1.29 is 31.4 Å². The fourth-order valence-electron chi connectivity index (χ4n) is 5.82. The van der Waals surface area contributed by atoms with Crippen molar-refractivity contribution in [2.75, 3.05) is 32.8 Å². The number of hydrogen-bond acceptors (Lipinski definition) is 9. The molecule has 3 heterocycles. The molecule has 0 saturated carbocycles. The molecule has 4 N–H and O–H groups in total. The molecule has 234 valence electrons. The molecule has 2 aliphatic rings. The molecular weight excluding hydrogens is 596 g/mol. The fraction of sp³-hybridized carbons (Fsp3) is 0.483. The molecule has 1 spiro atoms. The average molecular weight is 635 g/mol. The topological polar surface area (TPSA) is 170 Å². The van der Waals surface area contributed by atoms with E-state index in [-0.39, 0.29) is 47.8 Å². The van der Waals surface area contributed by atoms with Gasteiger partial charge in [-0.15, -0.1) is 0 Å². The van der Waals surface area contributed by atoms with E-state index < -0.39 is 37.2 Å². The van der Waals surface area contributed by atoms with E-state index in [9.17, 15) is 26.7 Å². The van der Waals surface area contributed by atoms with Crippen LogP contribution in [0.15, 0.2) is 69.3 Å². The van der Waals surface area contributed by atoms with E-state index >= 15 is 0 Å². The van der Waals surface area contributed by atoms with Crippen molar-refractivity contribution in [3.63, 3.8) is 0 Å². The lowest BCUT2D eigenvalue weighted by Gasteiger charge is -2.38. The molecule has 2 aromatic carbocycles. The number of sulfonamides is 2. The van der Waals surface area contributed by atoms with Crippen LogP contribution in [-0.2, 0) is 31.3 Å². The zero-order valence-corrected chi connectivity index (χ0v) is 25.6. The fourth-order valence-corrected chi connectivity index (χ4v) is 7.92. The standard InChI is InChI=1S/C29H38N4O8S2/c1-2-12-32-18-27(28(35)25-8-3-4-9-26(25)32)43(38,39)33-13-10-29(11-14-33)16-21(19-41-29)31-17-22(34)20-40-23-6-5-7-24(15-23)42(30,36)37/h3-9,15,18,21-22,31,34H,2,10-14,16-17,19-20H2,1H3,(H2,30,36,37)/t21-,22?/m1/s1. The van der Waals surface area contributed by atoms with E-state index in [4.69, 9.17) is 14.6 Å². The number of ether oxygens (including phenoxy) is 2. The first-order valence-electron chi connectivity index (χ1n) is 14.4. The second-order valence-electron chi connectivity index (χ2n) is 11.2. The number of pyridine rings is 1. The van der Waals surface area contributed by atoms with Crippen molar-refractivity contribution in [2.24, 2.45) is 5.14 Å². The lowest BCUT2D eigenvalue weighted by molar-refractivity contribution is -0.0312. The molecule has 2 aliphatic heterocycles. The number of nitrogens with one attached hydrogen (secondary N) is 1. The molecule has 0 aliphatic carbocycles. The van der Waals surface area contributed by atoms with Gasteiger partial charge >= 0.3 is 0 Å². The van der Waals surface area contributed by atoms with Crippen LogP contribution < -0.4 is 20.6 Å². The van der Waals surface area contributed by atoms with Gasteiger partial charge < -0.3 is 24.5 Å². The zero-order valence-electron chi connectivity index (χ0n) is 24.0. The molecule has 5 rings (SSSR count). The first-order chi connectivity index (χ1) is 20.4. The summed E-state index contributed by atoms with van der Waals surface area (Å²) < 4.78 is 65.3. The molecule has 0 bridgehead atoms. The van der Waals surface area contributed by atoms with Gasteiger partial charge in [0.1, 0.15) is 23.4 Å². The molecule has 1 aromatic heterocycles. The van der Waals surface area contributed by atoms with Crippen LogP contribution in [0.1, 0.15) is 32.6 Å². The number of piperidine rings is 1. The van der Waals surface area contributed by atoms with Gasteiger partial charge in [0.05, 0.1) is 22.6 Å². The lowest BCUT2D eigenvalue weighted by atomic mass is 9.88. The number of nitrogens with two attached hydrogens (primary N) is 1. The van der Waals surface area contributed by atoms with Gasteiger partial charge in [-0.1, -0.05) is 25.1 Å². The maximum Gasteiger partial charge on any atom is 0.248 e. The highest BCUT2D eigenvalue weighted by atomic mass is 32.2. The molecule has 0 radical (unpaired) electrons. The van der Waals surface area contributed by atoms with Crippen LogP contribution in [0.4, 0.5) is 0 Å². The third-order valence-corrected chi connectivity index (χ3v) is 10.9. The third-order valence-electron chi connectivity index (χ3n) is 8.10. The summed E-state index contributed by atoms with van der Waals surface area (Å²) in [5, 5.41) is 19.2. The number of aliphatic hydroxyl groups is 1. The van der Waals surface area contributed by atoms with Crippen molar-refractivity contribution in [1.29, 1.82) is 0 Å². The number of fused-ring (bicyclic) bond motifs is 1. The highest BCUT2D eigenvalue weighted by Gasteiger charge is 2.45. The number of aryl methyl sites for hydroxylation is 1. The number of primary sulfonamides is 1. The Morgan fingerprint density at radius 2 is 1.88 bits per heavy atom. The van der Waals surface area contributed by atoms with E-state index in [1.165, 1.54) is 28.7 Å². The maximum absolute atomic E-state index is 13.7. The van der Waals surface area contributed by atoms with Crippen molar-refractivity contribution in [2.45, 2.75) is 66.7 Å². The minimum absolute atomic E-state index is 0.0368. The number of rotatable bonds is 11. The number of aromatic nitrogens is 1. The summed E-state index contributed by atoms with van der Waals surface area (Å²) in [6.07, 6.45) is 3.06. The summed E-state index contributed by atoms with van der Waals surface area (Å²) in [6.45, 7) is 3.67. The predicted molar refractivity (Wildman–Crippen MR) is 161 cm³/mol. The second-order valence-corrected chi connectivity index (χ2v) is 14.7. The Kier molecular flexibility index (Phi) is 9.28. The van der Waals surface area contributed by atoms with E-state index in [2.05, 4.69) is 5.32 Å². The zero-order chi connectivity index (χ0) is 30.8. The molecule has 3 aromatic rings. The monoisotopic (exact) mass is 634 g/mol. The quantitative estimate of drug-likeness (QED) is 0.282. The molecule has 0 amide bonds. The van der Waals surface area contributed by atoms with E-state index in [0.717, 1.165) is 11.9 Å². The average Bonchev–Trinajstić information content (AvgIpc) is 3.38. The highest BCUT2D eigenvalue weighted by Crippen LogP contribution is 2.37. The Labute approximate surface area is 251 Å². The van der Waals surface area contributed by atoms with Crippen molar-refractivity contribution in [1.82, 2.24) is 14.2 Å². The Bertz CT molecular complexity index is 1730. The second kappa shape index (κ2) is 12.6. The number of aliphatic hydroxyl groups excluding tert-OH is 1. The molecule has 2 fully saturated rings. The molecular formula is C29H38N4O8S2. The summed E-state index contributed by atoms with van der Waals surface area (Å²) in [7, 11) is -7.86. The number of hydrogen-bond donors (Lipinski definition) is 3. The van der Waals surface area contributed by atoms with Gasteiger partial charge in [0.2, 0.25) is 25.5 Å². The van der Waals surface area contributed by atoms with Crippen LogP contribution in [0.2, 0.25) is 0 Å². The van der Waals surface area contributed by atoms with Gasteiger partial charge in [-0.3, -0.25) is 4.79 Å². The maximum atomic E-state index is 13.7. The van der Waals surface area contributed by atoms with Gasteiger partial charge in [-0.2, -0.15) is 4.31 Å². The third kappa shape index (κ3) is 6.95. The van der Waals surface area contributed by atoms with E-state index in [0.29, 0.717) is 37.8 Å². The lowest BCUT2D eigenvalue weighted by Crippen LogP contribution is -2.47. The Hall–Kier alpha value is -2.85. The Balaban J connectivity index is 1.15. The van der Waals surface area contributed by atoms with Crippen LogP contribution in [0.25, 0.3) is 10.9 Å². The number of para-hydroxylation sites is 1. The Morgan fingerprint density at radius 3 is 2.60 bits per heavy atom. The van der Waals surface area contributed by atoms with Gasteiger partial charge in [0, 0.05) is 49.9 Å². The normalized spacial score (nSPS) is 20.0. The van der Waals surface area contributed by atoms with Gasteiger partial charge in [0.25, 0.3) is 0 Å². The predicted octanol–water partition coefficient (Wildman–Crippen LogP) is 1.40. The molecule has 2 saturated heterocycles. The van der Waals surface area contributed by atoms with Gasteiger partial charge in [0.15, 0.2) is 0 Å². The number of nitrogens with zero attached hydrogens (tertiary/aromatic N) is 2. The smallest absolute Gasteiger partial charge is 0.248 e. The molecule has 43 heavy (non-hydrogen) atoms. The van der Waals surface area contributed by atoms with Crippen LogP contribution in [0.5, 0.6) is 5.75 Å².